The number of sulfone groups is 1. The average molecular weight is 270 g/mol. The topological polar surface area (TPSA) is 81.4 Å². The predicted molar refractivity (Wildman–Crippen MR) is 72.7 cm³/mol. The largest absolute Gasteiger partial charge is 0.497 e. The van der Waals surface area contributed by atoms with Gasteiger partial charge in [-0.25, -0.2) is 8.42 Å². The van der Waals surface area contributed by atoms with E-state index < -0.39 is 15.4 Å². The molecule has 0 aliphatic carbocycles. The summed E-state index contributed by atoms with van der Waals surface area (Å²) in [4.78, 5) is 0. The van der Waals surface area contributed by atoms with Crippen LogP contribution in [0, 0.1) is 0 Å². The third kappa shape index (κ3) is 2.69. The molecule has 1 heterocycles. The molecule has 5 nitrogen and oxygen atoms in total. The first-order valence-corrected chi connectivity index (χ1v) is 7.58. The van der Waals surface area contributed by atoms with E-state index in [2.05, 4.69) is 5.32 Å². The number of hydrogen-bond donors (Lipinski definition) is 2. The van der Waals surface area contributed by atoms with Gasteiger partial charge in [-0.3, -0.25) is 0 Å². The quantitative estimate of drug-likeness (QED) is 0.808. The SMILES string of the molecule is COc1ccc(NC2(C)CCS(=O)(=O)C2)c(N)c1. The van der Waals surface area contributed by atoms with Crippen molar-refractivity contribution < 1.29 is 13.2 Å². The zero-order valence-electron chi connectivity index (χ0n) is 10.6. The number of nitrogens with one attached hydrogen (secondary N) is 1. The summed E-state index contributed by atoms with van der Waals surface area (Å²) in [6.07, 6.45) is 0.598. The molecule has 2 rings (SSSR count). The van der Waals surface area contributed by atoms with Gasteiger partial charge in [-0.2, -0.15) is 0 Å². The van der Waals surface area contributed by atoms with Crippen molar-refractivity contribution in [3.63, 3.8) is 0 Å². The summed E-state index contributed by atoms with van der Waals surface area (Å²) in [5.41, 5.74) is 6.77. The first-order valence-electron chi connectivity index (χ1n) is 5.76. The Morgan fingerprint density at radius 2 is 2.17 bits per heavy atom. The second-order valence-corrected chi connectivity index (χ2v) is 7.16. The maximum Gasteiger partial charge on any atom is 0.152 e. The molecule has 0 aromatic heterocycles. The maximum absolute atomic E-state index is 11.5. The molecular weight excluding hydrogens is 252 g/mol. The van der Waals surface area contributed by atoms with Crippen molar-refractivity contribution in [2.24, 2.45) is 0 Å². The van der Waals surface area contributed by atoms with Crippen LogP contribution in [-0.2, 0) is 9.84 Å². The van der Waals surface area contributed by atoms with Crippen LogP contribution in [0.4, 0.5) is 11.4 Å². The molecule has 1 aliphatic rings. The average Bonchev–Trinajstić information content (AvgIpc) is 2.56. The molecule has 0 bridgehead atoms. The standard InChI is InChI=1S/C12H18N2O3S/c1-12(5-6-18(15,16)8-12)14-11-4-3-9(17-2)7-10(11)13/h3-4,7,14H,5-6,8,13H2,1-2H3. The van der Waals surface area contributed by atoms with Crippen LogP contribution < -0.4 is 15.8 Å². The minimum absolute atomic E-state index is 0.144. The summed E-state index contributed by atoms with van der Waals surface area (Å²) in [5.74, 6) is 1.06. The van der Waals surface area contributed by atoms with E-state index in [9.17, 15) is 8.42 Å². The summed E-state index contributed by atoms with van der Waals surface area (Å²) < 4.78 is 28.1. The molecule has 0 spiro atoms. The highest BCUT2D eigenvalue weighted by Crippen LogP contribution is 2.31. The molecular formula is C12H18N2O3S. The van der Waals surface area contributed by atoms with Crippen LogP contribution in [0.1, 0.15) is 13.3 Å². The second kappa shape index (κ2) is 4.35. The Bertz CT molecular complexity index is 556. The van der Waals surface area contributed by atoms with E-state index >= 15 is 0 Å². The van der Waals surface area contributed by atoms with Crippen molar-refractivity contribution in [3.8, 4) is 5.75 Å². The fourth-order valence-corrected chi connectivity index (χ4v) is 4.31. The third-order valence-corrected chi connectivity index (χ3v) is 5.10. The highest BCUT2D eigenvalue weighted by molar-refractivity contribution is 7.91. The summed E-state index contributed by atoms with van der Waals surface area (Å²) in [5, 5.41) is 3.23. The van der Waals surface area contributed by atoms with Gasteiger partial charge in [-0.1, -0.05) is 0 Å². The van der Waals surface area contributed by atoms with E-state index in [-0.39, 0.29) is 11.5 Å². The fourth-order valence-electron chi connectivity index (χ4n) is 2.22. The van der Waals surface area contributed by atoms with Crippen LogP contribution in [0.15, 0.2) is 18.2 Å². The third-order valence-electron chi connectivity index (χ3n) is 3.20. The lowest BCUT2D eigenvalue weighted by molar-refractivity contribution is 0.415. The lowest BCUT2D eigenvalue weighted by Gasteiger charge is -2.26. The van der Waals surface area contributed by atoms with Gasteiger partial charge in [0.25, 0.3) is 0 Å². The van der Waals surface area contributed by atoms with Crippen LogP contribution in [0.25, 0.3) is 0 Å². The second-order valence-electron chi connectivity index (χ2n) is 4.98. The number of ether oxygens (including phenoxy) is 1. The molecule has 18 heavy (non-hydrogen) atoms. The maximum atomic E-state index is 11.5. The van der Waals surface area contributed by atoms with Gasteiger partial charge in [0, 0.05) is 11.6 Å². The van der Waals surface area contributed by atoms with Crippen LogP contribution in [0.2, 0.25) is 0 Å². The number of benzene rings is 1. The molecule has 3 N–H and O–H groups in total. The van der Waals surface area contributed by atoms with Gasteiger partial charge in [-0.15, -0.1) is 0 Å². The number of hydrogen-bond acceptors (Lipinski definition) is 5. The Morgan fingerprint density at radius 1 is 1.44 bits per heavy atom. The van der Waals surface area contributed by atoms with E-state index in [0.717, 1.165) is 5.69 Å². The van der Waals surface area contributed by atoms with Gasteiger partial charge in [-0.05, 0) is 25.5 Å². The highest BCUT2D eigenvalue weighted by Gasteiger charge is 2.38. The predicted octanol–water partition coefficient (Wildman–Crippen LogP) is 1.27. The van der Waals surface area contributed by atoms with E-state index in [1.54, 1.807) is 19.2 Å². The molecule has 0 radical (unpaired) electrons. The molecule has 1 aromatic carbocycles. The zero-order chi connectivity index (χ0) is 13.4. The monoisotopic (exact) mass is 270 g/mol. The molecule has 1 aromatic rings. The lowest BCUT2D eigenvalue weighted by atomic mass is 10.0. The van der Waals surface area contributed by atoms with Crippen LogP contribution in [-0.4, -0.2) is 32.6 Å². The smallest absolute Gasteiger partial charge is 0.152 e. The first-order chi connectivity index (χ1) is 8.34. The van der Waals surface area contributed by atoms with E-state index in [1.807, 2.05) is 13.0 Å². The van der Waals surface area contributed by atoms with Gasteiger partial charge >= 0.3 is 0 Å². The molecule has 0 amide bonds. The van der Waals surface area contributed by atoms with Crippen molar-refractivity contribution in [2.75, 3.05) is 29.7 Å². The fraction of sp³-hybridized carbons (Fsp3) is 0.500. The van der Waals surface area contributed by atoms with Gasteiger partial charge in [0.1, 0.15) is 5.75 Å². The van der Waals surface area contributed by atoms with Crippen molar-refractivity contribution in [1.82, 2.24) is 0 Å². The molecule has 1 fully saturated rings. The number of nitrogens with two attached hydrogens (primary N) is 1. The van der Waals surface area contributed by atoms with Crippen LogP contribution in [0.5, 0.6) is 5.75 Å². The molecule has 0 saturated carbocycles. The van der Waals surface area contributed by atoms with Gasteiger partial charge in [0.15, 0.2) is 9.84 Å². The van der Waals surface area contributed by atoms with Gasteiger partial charge < -0.3 is 15.8 Å². The number of nitrogen functional groups attached to an aromatic ring is 1. The summed E-state index contributed by atoms with van der Waals surface area (Å²) in [7, 11) is -1.35. The van der Waals surface area contributed by atoms with Crippen molar-refractivity contribution in [2.45, 2.75) is 18.9 Å². The van der Waals surface area contributed by atoms with Crippen molar-refractivity contribution in [3.05, 3.63) is 18.2 Å². The van der Waals surface area contributed by atoms with E-state index in [4.69, 9.17) is 10.5 Å². The number of anilines is 2. The van der Waals surface area contributed by atoms with Gasteiger partial charge in [0.2, 0.25) is 0 Å². The Hall–Kier alpha value is -1.43. The summed E-state index contributed by atoms with van der Waals surface area (Å²) in [6, 6.07) is 5.32. The normalized spacial score (nSPS) is 25.9. The van der Waals surface area contributed by atoms with Crippen LogP contribution in [0.3, 0.4) is 0 Å². The zero-order valence-corrected chi connectivity index (χ0v) is 11.4. The molecule has 1 atom stereocenters. The van der Waals surface area contributed by atoms with E-state index in [0.29, 0.717) is 17.9 Å². The molecule has 1 saturated heterocycles. The Kier molecular flexibility index (Phi) is 3.14. The molecule has 100 valence electrons. The van der Waals surface area contributed by atoms with Crippen molar-refractivity contribution in [1.29, 1.82) is 0 Å². The van der Waals surface area contributed by atoms with Crippen molar-refractivity contribution >= 4 is 21.2 Å². The summed E-state index contributed by atoms with van der Waals surface area (Å²) in [6.45, 7) is 1.90. The Labute approximate surface area is 107 Å². The summed E-state index contributed by atoms with van der Waals surface area (Å²) >= 11 is 0. The number of methoxy groups -OCH3 is 1. The van der Waals surface area contributed by atoms with Crippen LogP contribution >= 0.6 is 0 Å². The number of rotatable bonds is 3. The Morgan fingerprint density at radius 3 is 2.67 bits per heavy atom. The highest BCUT2D eigenvalue weighted by atomic mass is 32.2. The van der Waals surface area contributed by atoms with Gasteiger partial charge in [0.05, 0.1) is 30.0 Å². The molecule has 6 heteroatoms. The minimum Gasteiger partial charge on any atom is -0.497 e. The van der Waals surface area contributed by atoms with E-state index in [1.165, 1.54) is 0 Å². The lowest BCUT2D eigenvalue weighted by Crippen LogP contribution is -2.36. The first kappa shape index (κ1) is 13.0. The minimum atomic E-state index is -2.93. The molecule has 1 unspecified atom stereocenters. The molecule has 1 aliphatic heterocycles. The Balaban J connectivity index is 2.20.